The van der Waals surface area contributed by atoms with E-state index in [-0.39, 0.29) is 17.6 Å². The number of nitro groups is 1. The Hall–Kier alpha value is -1.43. The fourth-order valence-electron chi connectivity index (χ4n) is 2.80. The lowest BCUT2D eigenvalue weighted by Gasteiger charge is -2.27. The molecule has 1 aliphatic rings. The van der Waals surface area contributed by atoms with Crippen molar-refractivity contribution < 1.29 is 9.72 Å². The number of nitrogens with zero attached hydrogens (tertiary/aromatic N) is 2. The maximum atomic E-state index is 12.5. The molecular formula is C15H19BrN2O3. The van der Waals surface area contributed by atoms with Gasteiger partial charge in [0.1, 0.15) is 0 Å². The molecule has 1 aromatic rings. The first-order valence-electron chi connectivity index (χ1n) is 7.22. The van der Waals surface area contributed by atoms with Crippen molar-refractivity contribution in [1.82, 2.24) is 4.90 Å². The number of hydrogen-bond acceptors (Lipinski definition) is 3. The second-order valence-corrected chi connectivity index (χ2v) is 6.34. The lowest BCUT2D eigenvalue weighted by atomic mass is 10.1. The lowest BCUT2D eigenvalue weighted by molar-refractivity contribution is -0.385. The zero-order chi connectivity index (χ0) is 15.4. The predicted octanol–water partition coefficient (Wildman–Crippen LogP) is 4.15. The minimum Gasteiger partial charge on any atom is -0.339 e. The quantitative estimate of drug-likeness (QED) is 0.465. The molecule has 0 unspecified atom stereocenters. The Bertz CT molecular complexity index is 540. The number of halogens is 1. The molecule has 0 N–H and O–H groups in total. The van der Waals surface area contributed by atoms with Gasteiger partial charge in [-0.1, -0.05) is 25.7 Å². The summed E-state index contributed by atoms with van der Waals surface area (Å²) in [4.78, 5) is 24.8. The predicted molar refractivity (Wildman–Crippen MR) is 84.4 cm³/mol. The van der Waals surface area contributed by atoms with Crippen LogP contribution in [0.1, 0.15) is 48.9 Å². The molecule has 1 amide bonds. The summed E-state index contributed by atoms with van der Waals surface area (Å²) in [6.07, 6.45) is 6.76. The monoisotopic (exact) mass is 354 g/mol. The lowest BCUT2D eigenvalue weighted by Crippen LogP contribution is -2.36. The number of nitro benzene ring substituents is 1. The molecule has 5 nitrogen and oxygen atoms in total. The molecule has 0 spiro atoms. The Morgan fingerprint density at radius 3 is 2.48 bits per heavy atom. The normalized spacial score (nSPS) is 16.3. The van der Waals surface area contributed by atoms with E-state index in [0.717, 1.165) is 25.7 Å². The van der Waals surface area contributed by atoms with Crippen molar-refractivity contribution in [3.8, 4) is 0 Å². The first-order valence-corrected chi connectivity index (χ1v) is 8.01. The molecule has 0 heterocycles. The van der Waals surface area contributed by atoms with E-state index in [9.17, 15) is 14.9 Å². The number of carbonyl (C=O) groups is 1. The molecule has 0 bridgehead atoms. The van der Waals surface area contributed by atoms with Gasteiger partial charge in [-0.3, -0.25) is 14.9 Å². The summed E-state index contributed by atoms with van der Waals surface area (Å²) < 4.78 is 0.390. The molecular weight excluding hydrogens is 336 g/mol. The van der Waals surface area contributed by atoms with Gasteiger partial charge in [-0.15, -0.1) is 0 Å². The van der Waals surface area contributed by atoms with Crippen LogP contribution in [0.5, 0.6) is 0 Å². The molecule has 114 valence electrons. The van der Waals surface area contributed by atoms with Gasteiger partial charge in [-0.25, -0.2) is 0 Å². The topological polar surface area (TPSA) is 63.5 Å². The van der Waals surface area contributed by atoms with Crippen LogP contribution in [0, 0.1) is 10.1 Å². The number of carbonyl (C=O) groups excluding carboxylic acids is 1. The minimum atomic E-state index is -0.480. The second kappa shape index (κ2) is 7.02. The van der Waals surface area contributed by atoms with Crippen LogP contribution < -0.4 is 0 Å². The highest BCUT2D eigenvalue weighted by molar-refractivity contribution is 9.10. The van der Waals surface area contributed by atoms with Crippen molar-refractivity contribution >= 4 is 27.5 Å². The number of hydrogen-bond donors (Lipinski definition) is 0. The van der Waals surface area contributed by atoms with Gasteiger partial charge in [-0.2, -0.15) is 0 Å². The standard InChI is InChI=1S/C15H19BrN2O3/c1-17(12-6-4-2-3-5-7-12)15(19)11-8-9-13(16)14(10-11)18(20)21/h8-10,12H,2-7H2,1H3. The third-order valence-electron chi connectivity index (χ3n) is 4.08. The van der Waals surface area contributed by atoms with Crippen LogP contribution in [-0.4, -0.2) is 28.8 Å². The maximum absolute atomic E-state index is 12.5. The number of amides is 1. The van der Waals surface area contributed by atoms with Gasteiger partial charge in [0.25, 0.3) is 11.6 Å². The van der Waals surface area contributed by atoms with Crippen LogP contribution >= 0.6 is 15.9 Å². The van der Waals surface area contributed by atoms with E-state index in [4.69, 9.17) is 0 Å². The van der Waals surface area contributed by atoms with Crippen molar-refractivity contribution in [2.24, 2.45) is 0 Å². The summed E-state index contributed by atoms with van der Waals surface area (Å²) in [7, 11) is 1.80. The van der Waals surface area contributed by atoms with E-state index < -0.39 is 4.92 Å². The van der Waals surface area contributed by atoms with E-state index in [0.29, 0.717) is 10.0 Å². The maximum Gasteiger partial charge on any atom is 0.284 e. The van der Waals surface area contributed by atoms with Crippen molar-refractivity contribution in [2.45, 2.75) is 44.6 Å². The minimum absolute atomic E-state index is 0.0740. The van der Waals surface area contributed by atoms with Gasteiger partial charge >= 0.3 is 0 Å². The molecule has 2 rings (SSSR count). The fourth-order valence-corrected chi connectivity index (χ4v) is 3.19. The largest absolute Gasteiger partial charge is 0.339 e. The SMILES string of the molecule is CN(C(=O)c1ccc(Br)c([N+](=O)[O-])c1)C1CCCCCC1. The molecule has 1 saturated carbocycles. The summed E-state index contributed by atoms with van der Waals surface area (Å²) in [6, 6.07) is 4.78. The highest BCUT2D eigenvalue weighted by Gasteiger charge is 2.24. The van der Waals surface area contributed by atoms with Crippen LogP contribution in [-0.2, 0) is 0 Å². The highest BCUT2D eigenvalue weighted by Crippen LogP contribution is 2.27. The highest BCUT2D eigenvalue weighted by atomic mass is 79.9. The molecule has 6 heteroatoms. The van der Waals surface area contributed by atoms with Crippen molar-refractivity contribution in [1.29, 1.82) is 0 Å². The summed E-state index contributed by atoms with van der Waals surface area (Å²) >= 11 is 3.14. The van der Waals surface area contributed by atoms with E-state index in [1.54, 1.807) is 24.1 Å². The molecule has 1 aromatic carbocycles. The fraction of sp³-hybridized carbons (Fsp3) is 0.533. The van der Waals surface area contributed by atoms with Crippen LogP contribution in [0.4, 0.5) is 5.69 Å². The Balaban J connectivity index is 2.18. The van der Waals surface area contributed by atoms with Crippen molar-refractivity contribution in [3.05, 3.63) is 38.3 Å². The molecule has 1 aliphatic carbocycles. The zero-order valence-electron chi connectivity index (χ0n) is 12.0. The van der Waals surface area contributed by atoms with Gasteiger partial charge in [-0.05, 0) is 40.9 Å². The average molecular weight is 355 g/mol. The van der Waals surface area contributed by atoms with Crippen LogP contribution in [0.2, 0.25) is 0 Å². The first-order chi connectivity index (χ1) is 10.0. The molecule has 21 heavy (non-hydrogen) atoms. The van der Waals surface area contributed by atoms with Crippen molar-refractivity contribution in [2.75, 3.05) is 7.05 Å². The van der Waals surface area contributed by atoms with Crippen LogP contribution in [0.25, 0.3) is 0 Å². The van der Waals surface area contributed by atoms with Gasteiger partial charge < -0.3 is 4.90 Å². The Kier molecular flexibility index (Phi) is 5.33. The molecule has 0 aliphatic heterocycles. The number of benzene rings is 1. The Morgan fingerprint density at radius 2 is 1.90 bits per heavy atom. The van der Waals surface area contributed by atoms with Gasteiger partial charge in [0.05, 0.1) is 9.40 Å². The zero-order valence-corrected chi connectivity index (χ0v) is 13.6. The third-order valence-corrected chi connectivity index (χ3v) is 4.75. The van der Waals surface area contributed by atoms with Crippen molar-refractivity contribution in [3.63, 3.8) is 0 Å². The van der Waals surface area contributed by atoms with Crippen LogP contribution in [0.3, 0.4) is 0 Å². The van der Waals surface area contributed by atoms with E-state index in [1.165, 1.54) is 18.9 Å². The summed E-state index contributed by atoms with van der Waals surface area (Å²) in [5.41, 5.74) is 0.298. The van der Waals surface area contributed by atoms with E-state index in [2.05, 4.69) is 15.9 Å². The van der Waals surface area contributed by atoms with E-state index in [1.807, 2.05) is 0 Å². The molecule has 0 saturated heterocycles. The summed E-state index contributed by atoms with van der Waals surface area (Å²) in [5.74, 6) is -0.141. The molecule has 0 radical (unpaired) electrons. The van der Waals surface area contributed by atoms with Gasteiger partial charge in [0.15, 0.2) is 0 Å². The Morgan fingerprint density at radius 1 is 1.29 bits per heavy atom. The third kappa shape index (κ3) is 3.81. The summed E-state index contributed by atoms with van der Waals surface area (Å²) in [5, 5.41) is 11.0. The van der Waals surface area contributed by atoms with Gasteiger partial charge in [0.2, 0.25) is 0 Å². The van der Waals surface area contributed by atoms with E-state index >= 15 is 0 Å². The second-order valence-electron chi connectivity index (χ2n) is 5.48. The summed E-state index contributed by atoms with van der Waals surface area (Å²) in [6.45, 7) is 0. The van der Waals surface area contributed by atoms with Gasteiger partial charge in [0, 0.05) is 24.7 Å². The number of rotatable bonds is 3. The first kappa shape index (κ1) is 15.9. The molecule has 1 fully saturated rings. The smallest absolute Gasteiger partial charge is 0.284 e. The molecule has 0 atom stereocenters. The Labute approximate surface area is 132 Å². The van der Waals surface area contributed by atoms with Crippen LogP contribution in [0.15, 0.2) is 22.7 Å². The molecule has 0 aromatic heterocycles. The average Bonchev–Trinajstić information content (AvgIpc) is 2.75.